The highest BCUT2D eigenvalue weighted by atomic mass is 32.2. The van der Waals surface area contributed by atoms with Gasteiger partial charge in [-0.2, -0.15) is 0 Å². The summed E-state index contributed by atoms with van der Waals surface area (Å²) in [5.41, 5.74) is -0.150. The van der Waals surface area contributed by atoms with E-state index in [0.717, 1.165) is 18.2 Å². The maximum Gasteiger partial charge on any atom is 0.339 e. The topological polar surface area (TPSA) is 187 Å². The number of hydrogen-bond acceptors (Lipinski definition) is 7. The van der Waals surface area contributed by atoms with Gasteiger partial charge in [-0.1, -0.05) is 12.1 Å². The van der Waals surface area contributed by atoms with E-state index in [1.807, 2.05) is 0 Å². The van der Waals surface area contributed by atoms with Crippen molar-refractivity contribution in [2.24, 2.45) is 0 Å². The number of aliphatic carboxylic acids is 1. The smallest absolute Gasteiger partial charge is 0.339 e. The SMILES string of the molecule is O=C(O)CC(NC(=O)c1ccc(CNS(=O)(=O)c2ccc(O)c(C(=O)O)c2)cc1)C(=O)CF. The standard InChI is InChI=1S/C20H19FN2O9S/c21-9-17(25)15(8-18(26)27)23-19(28)12-3-1-11(2-4-12)10-22-33(31,32)13-5-6-16(24)14(7-13)20(29)30/h1-7,15,22,24H,8-10H2,(H,23,28)(H,26,27)(H,29,30). The van der Waals surface area contributed by atoms with Crippen LogP contribution >= 0.6 is 0 Å². The zero-order chi connectivity index (χ0) is 24.8. The molecular formula is C20H19FN2O9S. The number of alkyl halides is 1. The molecule has 0 heterocycles. The zero-order valence-corrected chi connectivity index (χ0v) is 17.6. The molecule has 1 atom stereocenters. The number of carbonyl (C=O) groups is 4. The molecule has 0 radical (unpaired) electrons. The molecule has 0 saturated carbocycles. The molecule has 0 bridgehead atoms. The number of nitrogens with one attached hydrogen (secondary N) is 2. The van der Waals surface area contributed by atoms with Crippen LogP contribution in [0, 0.1) is 0 Å². The summed E-state index contributed by atoms with van der Waals surface area (Å²) in [5.74, 6) is -5.39. The predicted molar refractivity (Wildman–Crippen MR) is 110 cm³/mol. The van der Waals surface area contributed by atoms with Gasteiger partial charge in [-0.3, -0.25) is 14.4 Å². The Bertz CT molecular complexity index is 1180. The van der Waals surface area contributed by atoms with E-state index in [9.17, 15) is 37.1 Å². The molecule has 13 heteroatoms. The molecule has 176 valence electrons. The summed E-state index contributed by atoms with van der Waals surface area (Å²) in [7, 11) is -4.13. The summed E-state index contributed by atoms with van der Waals surface area (Å²) in [5, 5.41) is 29.4. The van der Waals surface area contributed by atoms with Gasteiger partial charge in [-0.05, 0) is 35.9 Å². The fourth-order valence-corrected chi connectivity index (χ4v) is 3.69. The van der Waals surface area contributed by atoms with Crippen molar-refractivity contribution in [2.75, 3.05) is 6.67 Å². The number of carboxylic acid groups (broad SMARTS) is 2. The molecule has 0 aliphatic carbocycles. The number of Topliss-reactive ketones (excluding diaryl/α,β-unsaturated/α-hetero) is 1. The van der Waals surface area contributed by atoms with Crippen LogP contribution in [0.25, 0.3) is 0 Å². The highest BCUT2D eigenvalue weighted by molar-refractivity contribution is 7.89. The second-order valence-electron chi connectivity index (χ2n) is 6.73. The van der Waals surface area contributed by atoms with Crippen LogP contribution in [-0.2, 0) is 26.2 Å². The fraction of sp³-hybridized carbons (Fsp3) is 0.200. The first-order valence-corrected chi connectivity index (χ1v) is 10.7. The van der Waals surface area contributed by atoms with Crippen molar-refractivity contribution < 1.29 is 47.3 Å². The van der Waals surface area contributed by atoms with Crippen LogP contribution in [0.4, 0.5) is 4.39 Å². The number of aromatic carboxylic acids is 1. The van der Waals surface area contributed by atoms with Gasteiger partial charge >= 0.3 is 11.9 Å². The maximum atomic E-state index is 12.6. The number of amides is 1. The van der Waals surface area contributed by atoms with Crippen LogP contribution in [0.1, 0.15) is 32.7 Å². The van der Waals surface area contributed by atoms with E-state index in [1.165, 1.54) is 24.3 Å². The first-order valence-electron chi connectivity index (χ1n) is 9.21. The van der Waals surface area contributed by atoms with Gasteiger partial charge in [-0.25, -0.2) is 22.3 Å². The van der Waals surface area contributed by atoms with Crippen LogP contribution in [0.15, 0.2) is 47.4 Å². The largest absolute Gasteiger partial charge is 0.507 e. The summed E-state index contributed by atoms with van der Waals surface area (Å²) in [4.78, 5) is 45.2. The average molecular weight is 482 g/mol. The van der Waals surface area contributed by atoms with E-state index in [-0.39, 0.29) is 17.0 Å². The first-order chi connectivity index (χ1) is 15.4. The molecule has 2 aromatic rings. The first kappa shape index (κ1) is 25.4. The summed E-state index contributed by atoms with van der Waals surface area (Å²) in [6.07, 6.45) is -0.783. The van der Waals surface area contributed by atoms with E-state index in [0.29, 0.717) is 5.56 Å². The van der Waals surface area contributed by atoms with Crippen LogP contribution in [0.5, 0.6) is 5.75 Å². The van der Waals surface area contributed by atoms with Crippen LogP contribution in [0.2, 0.25) is 0 Å². The summed E-state index contributed by atoms with van der Waals surface area (Å²) < 4.78 is 39.7. The number of ketones is 1. The van der Waals surface area contributed by atoms with E-state index < -0.39 is 64.1 Å². The van der Waals surface area contributed by atoms with Gasteiger partial charge in [0.05, 0.1) is 11.3 Å². The number of benzene rings is 2. The Labute approximate surface area is 186 Å². The Hall–Kier alpha value is -3.84. The molecule has 11 nitrogen and oxygen atoms in total. The molecule has 1 unspecified atom stereocenters. The van der Waals surface area contributed by atoms with E-state index >= 15 is 0 Å². The third kappa shape index (κ3) is 6.82. The molecule has 2 aromatic carbocycles. The molecule has 0 aliphatic heterocycles. The van der Waals surface area contributed by atoms with E-state index in [2.05, 4.69) is 10.0 Å². The number of aromatic hydroxyl groups is 1. The normalized spacial score (nSPS) is 12.0. The van der Waals surface area contributed by atoms with Gasteiger partial charge < -0.3 is 20.6 Å². The Morgan fingerprint density at radius 3 is 2.18 bits per heavy atom. The van der Waals surface area contributed by atoms with Crippen molar-refractivity contribution >= 4 is 33.7 Å². The molecule has 0 fully saturated rings. The van der Waals surface area contributed by atoms with Crippen molar-refractivity contribution in [3.63, 3.8) is 0 Å². The van der Waals surface area contributed by atoms with Gasteiger partial charge in [0.15, 0.2) is 5.78 Å². The van der Waals surface area contributed by atoms with E-state index in [4.69, 9.17) is 10.2 Å². The van der Waals surface area contributed by atoms with Crippen LogP contribution in [-0.4, -0.2) is 60.1 Å². The molecule has 5 N–H and O–H groups in total. The van der Waals surface area contributed by atoms with E-state index in [1.54, 1.807) is 0 Å². The predicted octanol–water partition coefficient (Wildman–Crippen LogP) is 0.681. The number of carbonyl (C=O) groups excluding carboxylic acids is 2. The summed E-state index contributed by atoms with van der Waals surface area (Å²) in [6, 6.07) is 6.60. The number of hydrogen-bond donors (Lipinski definition) is 5. The molecule has 0 spiro atoms. The monoisotopic (exact) mass is 482 g/mol. The number of carboxylic acids is 2. The lowest BCUT2D eigenvalue weighted by Crippen LogP contribution is -2.43. The van der Waals surface area contributed by atoms with Gasteiger partial charge in [0.1, 0.15) is 24.0 Å². The summed E-state index contributed by atoms with van der Waals surface area (Å²) in [6.45, 7) is -1.66. The maximum absolute atomic E-state index is 12.6. The third-order valence-corrected chi connectivity index (χ3v) is 5.79. The van der Waals surface area contributed by atoms with Gasteiger partial charge in [0.2, 0.25) is 10.0 Å². The summed E-state index contributed by atoms with van der Waals surface area (Å²) >= 11 is 0. The molecule has 2 rings (SSSR count). The second-order valence-corrected chi connectivity index (χ2v) is 8.50. The van der Waals surface area contributed by atoms with Gasteiger partial charge in [-0.15, -0.1) is 0 Å². The second kappa shape index (κ2) is 10.7. The minimum Gasteiger partial charge on any atom is -0.507 e. The molecule has 0 saturated heterocycles. The van der Waals surface area contributed by atoms with Crippen molar-refractivity contribution in [3.8, 4) is 5.75 Å². The number of phenols is 1. The van der Waals surface area contributed by atoms with Crippen LogP contribution in [0.3, 0.4) is 0 Å². The van der Waals surface area contributed by atoms with Gasteiger partial charge in [0.25, 0.3) is 5.91 Å². The van der Waals surface area contributed by atoms with Crippen molar-refractivity contribution in [1.29, 1.82) is 0 Å². The molecule has 1 amide bonds. The lowest BCUT2D eigenvalue weighted by Gasteiger charge is -2.14. The fourth-order valence-electron chi connectivity index (χ4n) is 2.64. The third-order valence-electron chi connectivity index (χ3n) is 4.40. The number of halogens is 1. The minimum atomic E-state index is -4.13. The number of sulfonamides is 1. The number of rotatable bonds is 11. The van der Waals surface area contributed by atoms with Crippen molar-refractivity contribution in [3.05, 3.63) is 59.2 Å². The molecular weight excluding hydrogens is 463 g/mol. The van der Waals surface area contributed by atoms with Crippen molar-refractivity contribution in [2.45, 2.75) is 23.9 Å². The Balaban J connectivity index is 2.07. The average Bonchev–Trinajstić information content (AvgIpc) is 2.76. The Morgan fingerprint density at radius 2 is 1.64 bits per heavy atom. The lowest BCUT2D eigenvalue weighted by atomic mass is 10.1. The van der Waals surface area contributed by atoms with Crippen molar-refractivity contribution in [1.82, 2.24) is 10.0 Å². The minimum absolute atomic E-state index is 0.0216. The highest BCUT2D eigenvalue weighted by Gasteiger charge is 2.24. The Kier molecular flexibility index (Phi) is 8.21. The van der Waals surface area contributed by atoms with Gasteiger partial charge in [0, 0.05) is 12.1 Å². The highest BCUT2D eigenvalue weighted by Crippen LogP contribution is 2.21. The molecule has 0 aliphatic rings. The Morgan fingerprint density at radius 1 is 1.00 bits per heavy atom. The lowest BCUT2D eigenvalue weighted by molar-refractivity contribution is -0.139. The zero-order valence-electron chi connectivity index (χ0n) is 16.8. The quantitative estimate of drug-likeness (QED) is 0.307. The van der Waals surface area contributed by atoms with Crippen LogP contribution < -0.4 is 10.0 Å². The molecule has 33 heavy (non-hydrogen) atoms. The molecule has 0 aromatic heterocycles.